The topological polar surface area (TPSA) is 27.0 Å². The molecule has 0 aliphatic heterocycles. The molecule has 9 heavy (non-hydrogen) atoms. The number of rotatable bonds is 0. The third kappa shape index (κ3) is 0.695. The number of benzene rings is 1. The lowest BCUT2D eigenvalue weighted by Crippen LogP contribution is -1.88. The van der Waals surface area contributed by atoms with Gasteiger partial charge < -0.3 is 0 Å². The molecule has 0 amide bonds. The van der Waals surface area contributed by atoms with Gasteiger partial charge in [-0.25, -0.2) is 0 Å². The minimum Gasteiger partial charge on any atom is -0.182 e. The van der Waals surface area contributed by atoms with Crippen LogP contribution in [0.25, 0.3) is 11.0 Å². The largest absolute Gasteiger partial charge is 0.275 e. The Labute approximate surface area is 56.5 Å². The van der Waals surface area contributed by atoms with Gasteiger partial charge in [0.2, 0.25) is 5.52 Å². The lowest BCUT2D eigenvalue weighted by molar-refractivity contribution is -0.255. The molecule has 44 valence electrons. The number of nitrogens with zero attached hydrogens (tertiary/aromatic N) is 1. The van der Waals surface area contributed by atoms with Crippen LogP contribution in [0.1, 0.15) is 0 Å². The molecule has 0 saturated heterocycles. The molecule has 2 rings (SSSR count). The van der Waals surface area contributed by atoms with Gasteiger partial charge in [0, 0.05) is 4.37 Å². The summed E-state index contributed by atoms with van der Waals surface area (Å²) in [5.41, 5.74) is 2.16. The molecule has 0 unspecified atom stereocenters. The Morgan fingerprint density at radius 3 is 3.11 bits per heavy atom. The normalized spacial score (nSPS) is 10.2. The van der Waals surface area contributed by atoms with E-state index in [1.165, 1.54) is 11.7 Å². The van der Waals surface area contributed by atoms with Crippen LogP contribution in [0.3, 0.4) is 0 Å². The monoisotopic (exact) mass is 137 g/mol. The van der Waals surface area contributed by atoms with Crippen molar-refractivity contribution in [3.8, 4) is 0 Å². The van der Waals surface area contributed by atoms with E-state index in [4.69, 9.17) is 0 Å². The molecule has 0 atom stereocenters. The first-order chi connectivity index (χ1) is 4.47. The van der Waals surface area contributed by atoms with Gasteiger partial charge in [0.05, 0.1) is 0 Å². The van der Waals surface area contributed by atoms with E-state index in [1.807, 2.05) is 24.3 Å². The molecule has 1 aromatic heterocycles. The smallest absolute Gasteiger partial charge is 0.182 e. The molecule has 1 aromatic carbocycles. The lowest BCUT2D eigenvalue weighted by Gasteiger charge is -1.72. The Balaban J connectivity index is 2.95. The van der Waals surface area contributed by atoms with Crippen molar-refractivity contribution in [1.29, 1.82) is 0 Å². The van der Waals surface area contributed by atoms with Crippen LogP contribution in [-0.2, 0) is 0 Å². The van der Waals surface area contributed by atoms with Crippen LogP contribution in [0, 0.1) is 0 Å². The summed E-state index contributed by atoms with van der Waals surface area (Å²) in [4.78, 5) is 0. The van der Waals surface area contributed by atoms with Gasteiger partial charge in [-0.05, 0) is 12.1 Å². The van der Waals surface area contributed by atoms with Gasteiger partial charge in [-0.1, -0.05) is 12.1 Å². The Morgan fingerprint density at radius 2 is 2.22 bits per heavy atom. The highest BCUT2D eigenvalue weighted by molar-refractivity contribution is 6.95. The van der Waals surface area contributed by atoms with Crippen molar-refractivity contribution in [2.75, 3.05) is 0 Å². The number of hydrogen-bond acceptors (Lipinski definition) is 2. The van der Waals surface area contributed by atoms with Crippen LogP contribution in [0.5, 0.6) is 0 Å². The van der Waals surface area contributed by atoms with Gasteiger partial charge >= 0.3 is 0 Å². The summed E-state index contributed by atoms with van der Waals surface area (Å²) in [6.07, 6.45) is 0. The fourth-order valence-electron chi connectivity index (χ4n) is 0.761. The molecule has 0 fully saturated rings. The Morgan fingerprint density at radius 1 is 1.33 bits per heavy atom. The maximum atomic E-state index is 4.10. The summed E-state index contributed by atoms with van der Waals surface area (Å²) in [6, 6.07) is 7.98. The molecule has 1 heterocycles. The Kier molecular flexibility index (Phi) is 0.960. The predicted molar refractivity (Wildman–Crippen MR) is 36.2 cm³/mol. The molecule has 1 N–H and O–H groups in total. The Hall–Kier alpha value is -0.960. The number of nitrogens with one attached hydrogen (secondary N) is 1. The van der Waals surface area contributed by atoms with E-state index >= 15 is 0 Å². The molecule has 2 aromatic rings. The van der Waals surface area contributed by atoms with Crippen molar-refractivity contribution in [3.63, 3.8) is 0 Å². The summed E-state index contributed by atoms with van der Waals surface area (Å²) in [6.45, 7) is 0. The van der Waals surface area contributed by atoms with Gasteiger partial charge in [-0.15, -0.1) is 0 Å². The number of hydrogen-bond donors (Lipinski definition) is 0. The number of aromatic amines is 1. The second-order valence-corrected chi connectivity index (χ2v) is 2.37. The molecular formula is C6H5N2S+. The zero-order valence-electron chi connectivity index (χ0n) is 4.66. The SMILES string of the molecule is c1ccc2[nH+]snc2c1. The molecule has 2 nitrogen and oxygen atoms in total. The maximum absolute atomic E-state index is 4.10. The van der Waals surface area contributed by atoms with Gasteiger partial charge in [-0.2, -0.15) is 4.37 Å². The molecule has 0 bridgehead atoms. The number of para-hydroxylation sites is 1. The van der Waals surface area contributed by atoms with Crippen molar-refractivity contribution in [3.05, 3.63) is 24.3 Å². The molecule has 0 spiro atoms. The highest BCUT2D eigenvalue weighted by atomic mass is 32.1. The fourth-order valence-corrected chi connectivity index (χ4v) is 1.33. The van der Waals surface area contributed by atoms with E-state index in [0.29, 0.717) is 0 Å². The average molecular weight is 137 g/mol. The summed E-state index contributed by atoms with van der Waals surface area (Å²) in [7, 11) is 0. The minimum atomic E-state index is 1.04. The summed E-state index contributed by atoms with van der Waals surface area (Å²) in [5.74, 6) is 0. The van der Waals surface area contributed by atoms with Crippen LogP contribution in [0.15, 0.2) is 24.3 Å². The number of aromatic nitrogens is 2. The van der Waals surface area contributed by atoms with Crippen LogP contribution in [0.4, 0.5) is 0 Å². The van der Waals surface area contributed by atoms with E-state index < -0.39 is 0 Å². The number of H-pyrrole nitrogens is 1. The zero-order valence-corrected chi connectivity index (χ0v) is 5.48. The standard InChI is InChI=1S/C6H4N2S/c1-2-4-6-5(3-1)7-9-8-6/h1-4H/p+1. The van der Waals surface area contributed by atoms with Crippen LogP contribution in [-0.4, -0.2) is 4.37 Å². The maximum Gasteiger partial charge on any atom is 0.275 e. The number of fused-ring (bicyclic) bond motifs is 1. The van der Waals surface area contributed by atoms with E-state index in [9.17, 15) is 0 Å². The summed E-state index contributed by atoms with van der Waals surface area (Å²) >= 11 is 1.38. The zero-order chi connectivity index (χ0) is 6.10. The van der Waals surface area contributed by atoms with E-state index in [-0.39, 0.29) is 0 Å². The van der Waals surface area contributed by atoms with Crippen molar-refractivity contribution in [2.24, 2.45) is 0 Å². The third-order valence-corrected chi connectivity index (χ3v) is 1.80. The molecule has 0 aliphatic carbocycles. The molecule has 3 heteroatoms. The van der Waals surface area contributed by atoms with E-state index in [2.05, 4.69) is 8.75 Å². The minimum absolute atomic E-state index is 1.04. The van der Waals surface area contributed by atoms with Crippen molar-refractivity contribution < 1.29 is 4.37 Å². The van der Waals surface area contributed by atoms with E-state index in [0.717, 1.165) is 11.0 Å². The van der Waals surface area contributed by atoms with Crippen molar-refractivity contribution >= 4 is 22.8 Å². The first-order valence-corrected chi connectivity index (χ1v) is 3.46. The van der Waals surface area contributed by atoms with Crippen LogP contribution < -0.4 is 4.37 Å². The quantitative estimate of drug-likeness (QED) is 0.534. The molecule has 0 saturated carbocycles. The molecule has 0 aliphatic rings. The Bertz CT molecular complexity index is 285. The second-order valence-electron chi connectivity index (χ2n) is 1.80. The fraction of sp³-hybridized carbons (Fsp3) is 0. The van der Waals surface area contributed by atoms with Gasteiger partial charge in [0.25, 0.3) is 11.7 Å². The van der Waals surface area contributed by atoms with Crippen LogP contribution >= 0.6 is 11.7 Å². The summed E-state index contributed by atoms with van der Waals surface area (Å²) in [5, 5.41) is 0. The van der Waals surface area contributed by atoms with Crippen LogP contribution in [0.2, 0.25) is 0 Å². The van der Waals surface area contributed by atoms with Gasteiger partial charge in [0.1, 0.15) is 0 Å². The highest BCUT2D eigenvalue weighted by Gasteiger charge is 2.00. The first kappa shape index (κ1) is 4.88. The van der Waals surface area contributed by atoms with Gasteiger partial charge in [-0.3, -0.25) is 0 Å². The van der Waals surface area contributed by atoms with Gasteiger partial charge in [0.15, 0.2) is 5.52 Å². The van der Waals surface area contributed by atoms with Crippen molar-refractivity contribution in [1.82, 2.24) is 4.37 Å². The second kappa shape index (κ2) is 1.77. The molecule has 0 radical (unpaired) electrons. The average Bonchev–Trinajstić information content (AvgIpc) is 2.33. The lowest BCUT2D eigenvalue weighted by atomic mass is 10.3. The molecular weight excluding hydrogens is 132 g/mol. The summed E-state index contributed by atoms with van der Waals surface area (Å²) < 4.78 is 7.15. The third-order valence-electron chi connectivity index (χ3n) is 1.20. The highest BCUT2D eigenvalue weighted by Crippen LogP contribution is 2.04. The predicted octanol–water partition coefficient (Wildman–Crippen LogP) is 1.11. The van der Waals surface area contributed by atoms with E-state index in [1.54, 1.807) is 0 Å². The van der Waals surface area contributed by atoms with Crippen molar-refractivity contribution in [2.45, 2.75) is 0 Å². The first-order valence-electron chi connectivity index (χ1n) is 2.69.